The molecular weight excluding hydrogens is 262 g/mol. The van der Waals surface area contributed by atoms with Crippen molar-refractivity contribution in [2.45, 2.75) is 30.8 Å². The third-order valence-corrected chi connectivity index (χ3v) is 4.84. The molecule has 19 heavy (non-hydrogen) atoms. The van der Waals surface area contributed by atoms with Gasteiger partial charge in [0.2, 0.25) is 0 Å². The van der Waals surface area contributed by atoms with Gasteiger partial charge in [-0.15, -0.1) is 0 Å². The van der Waals surface area contributed by atoms with E-state index in [1.54, 1.807) is 0 Å². The van der Waals surface area contributed by atoms with Crippen LogP contribution in [0.3, 0.4) is 0 Å². The first-order valence-corrected chi connectivity index (χ1v) is 7.66. The van der Waals surface area contributed by atoms with Crippen molar-refractivity contribution in [3.8, 4) is 0 Å². The third-order valence-electron chi connectivity index (χ3n) is 3.44. The van der Waals surface area contributed by atoms with Gasteiger partial charge in [-0.25, -0.2) is 13.1 Å². The fraction of sp³-hybridized carbons (Fsp3) is 0.308. The van der Waals surface area contributed by atoms with E-state index >= 15 is 0 Å². The summed E-state index contributed by atoms with van der Waals surface area (Å²) < 4.78 is 27.0. The van der Waals surface area contributed by atoms with Gasteiger partial charge in [0, 0.05) is 6.04 Å². The number of aromatic nitrogens is 2. The maximum Gasteiger partial charge on any atom is 0.258 e. The standard InChI is InChI=1S/C13H15N3O2S/c1-9-2-4-11-10(8-9)3-5-12(11)16-19(17,18)13-6-7-14-15-13/h2,4,6-8,12,16H,3,5H2,1H3,(H,14,15). The molecule has 1 unspecified atom stereocenters. The summed E-state index contributed by atoms with van der Waals surface area (Å²) in [6.45, 7) is 2.04. The molecule has 0 fully saturated rings. The minimum atomic E-state index is -3.52. The van der Waals surface area contributed by atoms with Crippen molar-refractivity contribution >= 4 is 10.0 Å². The Hall–Kier alpha value is -1.66. The molecule has 2 aromatic rings. The largest absolute Gasteiger partial charge is 0.266 e. The summed E-state index contributed by atoms with van der Waals surface area (Å²) in [5, 5.41) is 6.26. The minimum Gasteiger partial charge on any atom is -0.266 e. The number of hydrogen-bond acceptors (Lipinski definition) is 3. The molecule has 1 aliphatic rings. The zero-order valence-corrected chi connectivity index (χ0v) is 11.4. The molecule has 2 N–H and O–H groups in total. The number of benzene rings is 1. The lowest BCUT2D eigenvalue weighted by molar-refractivity contribution is 0.550. The summed E-state index contributed by atoms with van der Waals surface area (Å²) in [6.07, 6.45) is 3.14. The van der Waals surface area contributed by atoms with E-state index in [0.29, 0.717) is 0 Å². The molecular formula is C13H15N3O2S. The van der Waals surface area contributed by atoms with Gasteiger partial charge >= 0.3 is 0 Å². The second-order valence-electron chi connectivity index (χ2n) is 4.84. The van der Waals surface area contributed by atoms with Crippen LogP contribution in [0.4, 0.5) is 0 Å². The van der Waals surface area contributed by atoms with Gasteiger partial charge in [0.15, 0.2) is 5.03 Å². The van der Waals surface area contributed by atoms with Crippen molar-refractivity contribution in [3.63, 3.8) is 0 Å². The molecule has 0 bridgehead atoms. The lowest BCUT2D eigenvalue weighted by Gasteiger charge is -2.13. The van der Waals surface area contributed by atoms with Gasteiger partial charge < -0.3 is 0 Å². The predicted molar refractivity (Wildman–Crippen MR) is 71.2 cm³/mol. The lowest BCUT2D eigenvalue weighted by Crippen LogP contribution is -2.27. The normalized spacial score (nSPS) is 18.5. The maximum absolute atomic E-state index is 12.1. The van der Waals surface area contributed by atoms with Crippen molar-refractivity contribution in [1.29, 1.82) is 0 Å². The highest BCUT2D eigenvalue weighted by Gasteiger charge is 2.27. The number of nitrogens with one attached hydrogen (secondary N) is 2. The van der Waals surface area contributed by atoms with Crippen LogP contribution in [0.15, 0.2) is 35.5 Å². The minimum absolute atomic E-state index is 0.105. The number of sulfonamides is 1. The molecule has 0 saturated carbocycles. The number of nitrogens with zero attached hydrogens (tertiary/aromatic N) is 1. The molecule has 100 valence electrons. The van der Waals surface area contributed by atoms with Crippen molar-refractivity contribution in [2.24, 2.45) is 0 Å². The van der Waals surface area contributed by atoms with Crippen LogP contribution in [0.5, 0.6) is 0 Å². The Morgan fingerprint density at radius 2 is 2.21 bits per heavy atom. The van der Waals surface area contributed by atoms with Crippen LogP contribution in [-0.4, -0.2) is 18.6 Å². The van der Waals surface area contributed by atoms with E-state index in [4.69, 9.17) is 0 Å². The number of hydrogen-bond donors (Lipinski definition) is 2. The van der Waals surface area contributed by atoms with Crippen molar-refractivity contribution in [1.82, 2.24) is 14.9 Å². The highest BCUT2D eigenvalue weighted by molar-refractivity contribution is 7.89. The summed E-state index contributed by atoms with van der Waals surface area (Å²) in [5.41, 5.74) is 3.52. The molecule has 0 amide bonds. The van der Waals surface area contributed by atoms with Crippen LogP contribution in [0, 0.1) is 6.92 Å². The smallest absolute Gasteiger partial charge is 0.258 e. The van der Waals surface area contributed by atoms with Gasteiger partial charge in [0.25, 0.3) is 10.0 Å². The second kappa shape index (κ2) is 4.47. The molecule has 0 aliphatic heterocycles. The number of fused-ring (bicyclic) bond motifs is 1. The van der Waals surface area contributed by atoms with Gasteiger partial charge in [-0.3, -0.25) is 5.10 Å². The van der Waals surface area contributed by atoms with Crippen LogP contribution >= 0.6 is 0 Å². The first-order chi connectivity index (χ1) is 9.06. The Bertz CT molecular complexity index is 693. The summed E-state index contributed by atoms with van der Waals surface area (Å²) in [6, 6.07) is 7.45. The van der Waals surface area contributed by atoms with Crippen LogP contribution < -0.4 is 4.72 Å². The van der Waals surface area contributed by atoms with E-state index in [9.17, 15) is 8.42 Å². The summed E-state index contributed by atoms with van der Waals surface area (Å²) in [7, 11) is -3.52. The van der Waals surface area contributed by atoms with Gasteiger partial charge in [0.1, 0.15) is 0 Å². The Balaban J connectivity index is 1.88. The monoisotopic (exact) mass is 277 g/mol. The van der Waals surface area contributed by atoms with Gasteiger partial charge in [-0.1, -0.05) is 23.8 Å². The van der Waals surface area contributed by atoms with Crippen LogP contribution in [0.1, 0.15) is 29.2 Å². The van der Waals surface area contributed by atoms with E-state index in [0.717, 1.165) is 18.4 Å². The number of aryl methyl sites for hydroxylation is 2. The Labute approximate surface area is 112 Å². The van der Waals surface area contributed by atoms with E-state index in [-0.39, 0.29) is 11.1 Å². The highest BCUT2D eigenvalue weighted by Crippen LogP contribution is 2.32. The van der Waals surface area contributed by atoms with Crippen molar-refractivity contribution < 1.29 is 8.42 Å². The Kier molecular flexibility index (Phi) is 2.91. The SMILES string of the molecule is Cc1ccc2c(c1)CCC2NS(=O)(=O)c1ccn[nH]1. The number of aromatic amines is 1. The van der Waals surface area contributed by atoms with Crippen LogP contribution in [-0.2, 0) is 16.4 Å². The molecule has 1 aromatic carbocycles. The van der Waals surface area contributed by atoms with Crippen molar-refractivity contribution in [3.05, 3.63) is 47.2 Å². The highest BCUT2D eigenvalue weighted by atomic mass is 32.2. The van der Waals surface area contributed by atoms with Crippen molar-refractivity contribution in [2.75, 3.05) is 0 Å². The number of rotatable bonds is 3. The second-order valence-corrected chi connectivity index (χ2v) is 6.52. The Morgan fingerprint density at radius 1 is 1.37 bits per heavy atom. The summed E-state index contributed by atoms with van der Waals surface area (Å²) in [5.74, 6) is 0. The van der Waals surface area contributed by atoms with Crippen LogP contribution in [0.2, 0.25) is 0 Å². The summed E-state index contributed by atoms with van der Waals surface area (Å²) >= 11 is 0. The molecule has 1 atom stereocenters. The molecule has 3 rings (SSSR count). The third kappa shape index (κ3) is 2.29. The number of H-pyrrole nitrogens is 1. The lowest BCUT2D eigenvalue weighted by atomic mass is 10.1. The van der Waals surface area contributed by atoms with Gasteiger partial charge in [-0.05, 0) is 37.0 Å². The molecule has 1 aliphatic carbocycles. The average Bonchev–Trinajstić information content (AvgIpc) is 2.98. The Morgan fingerprint density at radius 3 is 2.95 bits per heavy atom. The van der Waals surface area contributed by atoms with E-state index in [2.05, 4.69) is 21.0 Å². The summed E-state index contributed by atoms with van der Waals surface area (Å²) in [4.78, 5) is 0. The molecule has 0 saturated heterocycles. The maximum atomic E-state index is 12.1. The van der Waals surface area contributed by atoms with E-state index < -0.39 is 10.0 Å². The fourth-order valence-electron chi connectivity index (χ4n) is 2.51. The van der Waals surface area contributed by atoms with Crippen LogP contribution in [0.25, 0.3) is 0 Å². The fourth-order valence-corrected chi connectivity index (χ4v) is 3.67. The van der Waals surface area contributed by atoms with E-state index in [1.165, 1.54) is 23.4 Å². The quantitative estimate of drug-likeness (QED) is 0.896. The van der Waals surface area contributed by atoms with Gasteiger partial charge in [-0.2, -0.15) is 5.10 Å². The van der Waals surface area contributed by atoms with Gasteiger partial charge in [0.05, 0.1) is 6.20 Å². The first kappa shape index (κ1) is 12.4. The zero-order valence-electron chi connectivity index (χ0n) is 10.6. The molecule has 1 aromatic heterocycles. The zero-order chi connectivity index (χ0) is 13.5. The molecule has 1 heterocycles. The molecule has 0 spiro atoms. The first-order valence-electron chi connectivity index (χ1n) is 6.17. The molecule has 5 nitrogen and oxygen atoms in total. The molecule has 6 heteroatoms. The van der Waals surface area contributed by atoms with E-state index in [1.807, 2.05) is 19.1 Å². The predicted octanol–water partition coefficient (Wildman–Crippen LogP) is 1.68. The topological polar surface area (TPSA) is 74.8 Å². The average molecular weight is 277 g/mol. The molecule has 0 radical (unpaired) electrons.